The van der Waals surface area contributed by atoms with Crippen molar-refractivity contribution in [1.82, 2.24) is 0 Å². The number of carbonyl (C=O) groups excluding carboxylic acids is 1. The standard InChI is InChI=1S/C18H30O4S/c1-14(2)18(19)20-10-11-21-22-16(4)13-23-12-15(3)17-8-6-5-7-9-17/h15,17H,1,4-13H2,2-3H3. The lowest BCUT2D eigenvalue weighted by Gasteiger charge is -2.27. The van der Waals surface area contributed by atoms with Crippen LogP contribution >= 0.6 is 11.8 Å². The summed E-state index contributed by atoms with van der Waals surface area (Å²) in [5.74, 6) is 3.66. The zero-order valence-electron chi connectivity index (χ0n) is 14.5. The van der Waals surface area contributed by atoms with Gasteiger partial charge in [0.1, 0.15) is 19.0 Å². The molecule has 4 nitrogen and oxygen atoms in total. The first-order valence-corrected chi connectivity index (χ1v) is 9.53. The van der Waals surface area contributed by atoms with E-state index >= 15 is 0 Å². The van der Waals surface area contributed by atoms with Gasteiger partial charge in [-0.15, -0.1) is 0 Å². The number of thioether (sulfide) groups is 1. The first-order chi connectivity index (χ1) is 11.0. The molecule has 0 saturated heterocycles. The fourth-order valence-corrected chi connectivity index (χ4v) is 3.68. The summed E-state index contributed by atoms with van der Waals surface area (Å²) < 4.78 is 4.89. The molecule has 0 aliphatic heterocycles. The summed E-state index contributed by atoms with van der Waals surface area (Å²) in [7, 11) is 0. The van der Waals surface area contributed by atoms with Gasteiger partial charge in [0, 0.05) is 5.57 Å². The van der Waals surface area contributed by atoms with Gasteiger partial charge in [-0.2, -0.15) is 16.6 Å². The van der Waals surface area contributed by atoms with E-state index < -0.39 is 5.97 Å². The largest absolute Gasteiger partial charge is 0.460 e. The summed E-state index contributed by atoms with van der Waals surface area (Å²) in [6.45, 7) is 11.6. The zero-order chi connectivity index (χ0) is 17.1. The third-order valence-corrected chi connectivity index (χ3v) is 5.31. The van der Waals surface area contributed by atoms with Gasteiger partial charge in [-0.25, -0.2) is 4.79 Å². The van der Waals surface area contributed by atoms with E-state index in [0.717, 1.165) is 23.3 Å². The highest BCUT2D eigenvalue weighted by atomic mass is 32.2. The molecule has 5 heteroatoms. The molecule has 132 valence electrons. The van der Waals surface area contributed by atoms with Crippen LogP contribution in [-0.4, -0.2) is 30.7 Å². The van der Waals surface area contributed by atoms with Crippen LogP contribution in [0.4, 0.5) is 0 Å². The third-order valence-electron chi connectivity index (χ3n) is 4.02. The summed E-state index contributed by atoms with van der Waals surface area (Å²) >= 11 is 1.83. The van der Waals surface area contributed by atoms with Crippen molar-refractivity contribution in [2.45, 2.75) is 46.0 Å². The fourth-order valence-electron chi connectivity index (χ4n) is 2.64. The predicted octanol–water partition coefficient (Wildman–Crippen LogP) is 4.52. The first-order valence-electron chi connectivity index (χ1n) is 8.38. The van der Waals surface area contributed by atoms with Gasteiger partial charge in [-0.3, -0.25) is 0 Å². The van der Waals surface area contributed by atoms with Crippen LogP contribution in [0.1, 0.15) is 46.0 Å². The zero-order valence-corrected chi connectivity index (χ0v) is 15.3. The van der Waals surface area contributed by atoms with Crippen molar-refractivity contribution in [1.29, 1.82) is 0 Å². The Morgan fingerprint density at radius 2 is 1.91 bits per heavy atom. The second-order valence-electron chi connectivity index (χ2n) is 6.25. The van der Waals surface area contributed by atoms with Gasteiger partial charge in [-0.05, 0) is 24.5 Å². The van der Waals surface area contributed by atoms with Crippen molar-refractivity contribution in [2.24, 2.45) is 11.8 Å². The molecule has 0 aromatic rings. The Bertz CT molecular complexity index is 388. The molecule has 1 rings (SSSR count). The van der Waals surface area contributed by atoms with Crippen molar-refractivity contribution >= 4 is 17.7 Å². The van der Waals surface area contributed by atoms with E-state index in [1.165, 1.54) is 32.1 Å². The van der Waals surface area contributed by atoms with Crippen molar-refractivity contribution in [2.75, 3.05) is 24.7 Å². The SMILES string of the molecule is C=C(CSCC(C)C1CCCCC1)OOCCOC(=O)C(=C)C. The minimum absolute atomic E-state index is 0.144. The van der Waals surface area contributed by atoms with Crippen LogP contribution in [0.5, 0.6) is 0 Å². The number of ether oxygens (including phenoxy) is 1. The minimum atomic E-state index is -0.417. The van der Waals surface area contributed by atoms with Crippen LogP contribution in [0.25, 0.3) is 0 Å². The molecule has 1 aliphatic rings. The molecule has 0 aromatic heterocycles. The molecule has 1 unspecified atom stereocenters. The van der Waals surface area contributed by atoms with E-state index in [1.54, 1.807) is 6.92 Å². The smallest absolute Gasteiger partial charge is 0.333 e. The fraction of sp³-hybridized carbons (Fsp3) is 0.722. The highest BCUT2D eigenvalue weighted by Gasteiger charge is 2.19. The number of esters is 1. The van der Waals surface area contributed by atoms with Gasteiger partial charge in [-0.1, -0.05) is 52.2 Å². The molecular weight excluding hydrogens is 312 g/mol. The van der Waals surface area contributed by atoms with E-state index in [0.29, 0.717) is 11.3 Å². The monoisotopic (exact) mass is 342 g/mol. The Balaban J connectivity index is 1.99. The number of rotatable bonds is 11. The maximum atomic E-state index is 11.1. The van der Waals surface area contributed by atoms with Gasteiger partial charge >= 0.3 is 5.97 Å². The maximum absolute atomic E-state index is 11.1. The molecule has 0 amide bonds. The summed E-state index contributed by atoms with van der Waals surface area (Å²) in [6.07, 6.45) is 6.94. The number of hydrogen-bond donors (Lipinski definition) is 0. The lowest BCUT2D eigenvalue weighted by Crippen LogP contribution is -2.17. The van der Waals surface area contributed by atoms with Crippen molar-refractivity contribution in [3.63, 3.8) is 0 Å². The maximum Gasteiger partial charge on any atom is 0.333 e. The summed E-state index contributed by atoms with van der Waals surface area (Å²) in [4.78, 5) is 21.2. The lowest BCUT2D eigenvalue weighted by molar-refractivity contribution is -0.265. The van der Waals surface area contributed by atoms with E-state index in [1.807, 2.05) is 11.8 Å². The molecule has 0 bridgehead atoms. The van der Waals surface area contributed by atoms with Gasteiger partial charge in [0.05, 0.1) is 5.75 Å². The Hall–Kier alpha value is -0.940. The van der Waals surface area contributed by atoms with Crippen LogP contribution in [0, 0.1) is 11.8 Å². The van der Waals surface area contributed by atoms with Crippen LogP contribution in [-0.2, 0) is 19.3 Å². The van der Waals surface area contributed by atoms with Gasteiger partial charge in [0.25, 0.3) is 0 Å². The van der Waals surface area contributed by atoms with Crippen LogP contribution < -0.4 is 0 Å². The quantitative estimate of drug-likeness (QED) is 0.138. The average molecular weight is 343 g/mol. The normalized spacial score (nSPS) is 16.6. The molecule has 0 N–H and O–H groups in total. The predicted molar refractivity (Wildman–Crippen MR) is 95.0 cm³/mol. The molecule has 0 spiro atoms. The molecule has 1 aliphatic carbocycles. The van der Waals surface area contributed by atoms with Gasteiger partial charge in [0.2, 0.25) is 0 Å². The van der Waals surface area contributed by atoms with Crippen LogP contribution in [0.3, 0.4) is 0 Å². The van der Waals surface area contributed by atoms with Crippen LogP contribution in [0.15, 0.2) is 24.5 Å². The third kappa shape index (κ3) is 9.06. The second-order valence-corrected chi connectivity index (χ2v) is 7.28. The van der Waals surface area contributed by atoms with Crippen molar-refractivity contribution in [3.05, 3.63) is 24.5 Å². The Kier molecular flexibility index (Phi) is 10.1. The second kappa shape index (κ2) is 11.6. The molecule has 0 radical (unpaired) electrons. The first kappa shape index (κ1) is 20.1. The molecule has 1 fully saturated rings. The minimum Gasteiger partial charge on any atom is -0.460 e. The molecule has 1 atom stereocenters. The van der Waals surface area contributed by atoms with E-state index in [4.69, 9.17) is 14.5 Å². The van der Waals surface area contributed by atoms with Gasteiger partial charge in [0.15, 0.2) is 0 Å². The van der Waals surface area contributed by atoms with Gasteiger partial charge < -0.3 is 9.62 Å². The summed E-state index contributed by atoms with van der Waals surface area (Å²) in [5.41, 5.74) is 0.374. The molecular formula is C18H30O4S. The summed E-state index contributed by atoms with van der Waals surface area (Å²) in [5, 5.41) is 0. The Morgan fingerprint density at radius 3 is 2.57 bits per heavy atom. The Labute approximate surface area is 144 Å². The van der Waals surface area contributed by atoms with E-state index in [9.17, 15) is 4.79 Å². The molecule has 0 heterocycles. The highest BCUT2D eigenvalue weighted by Crippen LogP contribution is 2.31. The number of hydrogen-bond acceptors (Lipinski definition) is 5. The average Bonchev–Trinajstić information content (AvgIpc) is 2.54. The lowest BCUT2D eigenvalue weighted by atomic mass is 9.82. The molecule has 23 heavy (non-hydrogen) atoms. The summed E-state index contributed by atoms with van der Waals surface area (Å²) in [6, 6.07) is 0. The topological polar surface area (TPSA) is 44.8 Å². The number of carbonyl (C=O) groups is 1. The van der Waals surface area contributed by atoms with E-state index in [2.05, 4.69) is 20.1 Å². The Morgan fingerprint density at radius 1 is 1.22 bits per heavy atom. The van der Waals surface area contributed by atoms with Crippen molar-refractivity contribution in [3.8, 4) is 0 Å². The van der Waals surface area contributed by atoms with Crippen molar-refractivity contribution < 1.29 is 19.3 Å². The highest BCUT2D eigenvalue weighted by molar-refractivity contribution is 7.99. The molecule has 0 aromatic carbocycles. The van der Waals surface area contributed by atoms with Crippen LogP contribution in [0.2, 0.25) is 0 Å². The molecule has 1 saturated carbocycles. The van der Waals surface area contributed by atoms with E-state index in [-0.39, 0.29) is 13.2 Å².